The van der Waals surface area contributed by atoms with Crippen molar-refractivity contribution in [3.05, 3.63) is 40.1 Å². The third-order valence-electron chi connectivity index (χ3n) is 2.67. The minimum absolute atomic E-state index is 0.104. The molecule has 1 aromatic carbocycles. The molecule has 0 unspecified atom stereocenters. The van der Waals surface area contributed by atoms with E-state index in [2.05, 4.69) is 36.6 Å². The summed E-state index contributed by atoms with van der Waals surface area (Å²) in [6.45, 7) is 2.00. The van der Waals surface area contributed by atoms with Crippen molar-refractivity contribution in [2.45, 2.75) is 19.8 Å². The summed E-state index contributed by atoms with van der Waals surface area (Å²) in [6.07, 6.45) is 1.53. The Morgan fingerprint density at radius 3 is 2.52 bits per heavy atom. The number of halogens is 3. The molecular weight excluding hydrogens is 344 g/mol. The molecule has 21 heavy (non-hydrogen) atoms. The summed E-state index contributed by atoms with van der Waals surface area (Å²) in [5, 5.41) is 2.80. The number of hydrogen-bond donors (Lipinski definition) is 3. The fraction of sp³-hybridized carbons (Fsp3) is 0.231. The summed E-state index contributed by atoms with van der Waals surface area (Å²) < 4.78 is 27.1. The molecule has 0 aliphatic heterocycles. The van der Waals surface area contributed by atoms with Gasteiger partial charge in [0.2, 0.25) is 0 Å². The zero-order chi connectivity index (χ0) is 15.4. The van der Waals surface area contributed by atoms with Crippen molar-refractivity contribution in [3.63, 3.8) is 0 Å². The fourth-order valence-electron chi connectivity index (χ4n) is 1.73. The third-order valence-corrected chi connectivity index (χ3v) is 3.27. The Balaban J connectivity index is 2.34. The van der Waals surface area contributed by atoms with Crippen molar-refractivity contribution in [2.24, 2.45) is 5.84 Å². The Bertz CT molecular complexity index is 651. The van der Waals surface area contributed by atoms with Crippen LogP contribution in [0.15, 0.2) is 22.7 Å². The molecular formula is C13H14BrF2N5. The maximum absolute atomic E-state index is 13.7. The lowest BCUT2D eigenvalue weighted by Gasteiger charge is -2.11. The SMILES string of the molecule is CCCc1nc(NN)cc(Nc2cc(Br)c(F)cc2F)n1. The predicted octanol–water partition coefficient (Wildman–Crippen LogP) is 3.50. The van der Waals surface area contributed by atoms with Crippen molar-refractivity contribution in [3.8, 4) is 0 Å². The van der Waals surface area contributed by atoms with Crippen LogP contribution in [0.3, 0.4) is 0 Å². The van der Waals surface area contributed by atoms with Crippen LogP contribution < -0.4 is 16.6 Å². The van der Waals surface area contributed by atoms with Gasteiger partial charge in [-0.1, -0.05) is 6.92 Å². The second-order valence-corrected chi connectivity index (χ2v) is 5.17. The molecule has 0 spiro atoms. The van der Waals surface area contributed by atoms with Crippen molar-refractivity contribution in [1.82, 2.24) is 9.97 Å². The van der Waals surface area contributed by atoms with Gasteiger partial charge in [-0.05, 0) is 28.4 Å². The Hall–Kier alpha value is -1.80. The van der Waals surface area contributed by atoms with Gasteiger partial charge in [0, 0.05) is 18.6 Å². The van der Waals surface area contributed by atoms with Crippen LogP contribution in [0.5, 0.6) is 0 Å². The fourth-order valence-corrected chi connectivity index (χ4v) is 2.07. The molecule has 0 aliphatic carbocycles. The van der Waals surface area contributed by atoms with E-state index in [1.54, 1.807) is 0 Å². The molecule has 112 valence electrons. The van der Waals surface area contributed by atoms with Gasteiger partial charge in [-0.15, -0.1) is 0 Å². The summed E-state index contributed by atoms with van der Waals surface area (Å²) in [7, 11) is 0. The monoisotopic (exact) mass is 357 g/mol. The number of anilines is 3. The Morgan fingerprint density at radius 1 is 1.14 bits per heavy atom. The Kier molecular flexibility index (Phi) is 5.03. The van der Waals surface area contributed by atoms with Crippen LogP contribution in [0.2, 0.25) is 0 Å². The predicted molar refractivity (Wildman–Crippen MR) is 81.2 cm³/mol. The van der Waals surface area contributed by atoms with E-state index in [1.807, 2.05) is 6.92 Å². The molecule has 4 N–H and O–H groups in total. The lowest BCUT2D eigenvalue weighted by atomic mass is 10.3. The molecule has 2 aromatic rings. The van der Waals surface area contributed by atoms with Gasteiger partial charge in [0.05, 0.1) is 10.2 Å². The average molecular weight is 358 g/mol. The third kappa shape index (κ3) is 3.85. The molecule has 0 saturated carbocycles. The molecule has 0 amide bonds. The highest BCUT2D eigenvalue weighted by Crippen LogP contribution is 2.26. The van der Waals surface area contributed by atoms with Crippen molar-refractivity contribution in [1.29, 1.82) is 0 Å². The first-order valence-corrected chi connectivity index (χ1v) is 7.09. The van der Waals surface area contributed by atoms with Gasteiger partial charge in [0.15, 0.2) is 0 Å². The smallest absolute Gasteiger partial charge is 0.149 e. The summed E-state index contributed by atoms with van der Waals surface area (Å²) >= 11 is 3.01. The number of rotatable bonds is 5. The highest BCUT2D eigenvalue weighted by Gasteiger charge is 2.10. The summed E-state index contributed by atoms with van der Waals surface area (Å²) in [6, 6.07) is 3.64. The van der Waals surface area contributed by atoms with Crippen LogP contribution in [-0.4, -0.2) is 9.97 Å². The average Bonchev–Trinajstić information content (AvgIpc) is 2.45. The van der Waals surface area contributed by atoms with Gasteiger partial charge in [-0.25, -0.2) is 24.6 Å². The Labute approximate surface area is 129 Å². The first kappa shape index (κ1) is 15.6. The second kappa shape index (κ2) is 6.77. The molecule has 0 aliphatic rings. The largest absolute Gasteiger partial charge is 0.338 e. The standard InChI is InChI=1S/C13H14BrF2N5/c1-2-3-11-19-12(6-13(20-11)21-17)18-10-4-7(14)8(15)5-9(10)16/h4-6H,2-3,17H2,1H3,(H2,18,19,20,21). The minimum Gasteiger partial charge on any atom is -0.338 e. The molecule has 0 fully saturated rings. The molecule has 0 atom stereocenters. The molecule has 2 rings (SSSR count). The van der Waals surface area contributed by atoms with E-state index in [4.69, 9.17) is 5.84 Å². The number of nitrogens with two attached hydrogens (primary N) is 1. The van der Waals surface area contributed by atoms with Gasteiger partial charge in [-0.2, -0.15) is 0 Å². The summed E-state index contributed by atoms with van der Waals surface area (Å²) in [4.78, 5) is 8.45. The molecule has 8 heteroatoms. The number of benzene rings is 1. The quantitative estimate of drug-likeness (QED) is 0.433. The maximum Gasteiger partial charge on any atom is 0.149 e. The lowest BCUT2D eigenvalue weighted by Crippen LogP contribution is -2.11. The van der Waals surface area contributed by atoms with Crippen molar-refractivity contribution in [2.75, 3.05) is 10.7 Å². The van der Waals surface area contributed by atoms with Crippen LogP contribution in [0.25, 0.3) is 0 Å². The maximum atomic E-state index is 13.7. The van der Waals surface area contributed by atoms with Gasteiger partial charge in [0.25, 0.3) is 0 Å². The van der Waals surface area contributed by atoms with E-state index in [0.717, 1.165) is 12.5 Å². The molecule has 0 saturated heterocycles. The molecule has 1 heterocycles. The van der Waals surface area contributed by atoms with Gasteiger partial charge in [-0.3, -0.25) is 0 Å². The number of aryl methyl sites for hydroxylation is 1. The van der Waals surface area contributed by atoms with E-state index < -0.39 is 11.6 Å². The molecule has 1 aromatic heterocycles. The normalized spacial score (nSPS) is 10.5. The molecule has 5 nitrogen and oxygen atoms in total. The number of hydrazine groups is 1. The van der Waals surface area contributed by atoms with Gasteiger partial charge >= 0.3 is 0 Å². The van der Waals surface area contributed by atoms with E-state index in [1.165, 1.54) is 12.1 Å². The summed E-state index contributed by atoms with van der Waals surface area (Å²) in [5.41, 5.74) is 2.54. The van der Waals surface area contributed by atoms with Gasteiger partial charge < -0.3 is 10.7 Å². The first-order chi connectivity index (χ1) is 10.0. The van der Waals surface area contributed by atoms with E-state index >= 15 is 0 Å². The van der Waals surface area contributed by atoms with Crippen LogP contribution in [0, 0.1) is 11.6 Å². The molecule has 0 bridgehead atoms. The Morgan fingerprint density at radius 2 is 1.86 bits per heavy atom. The van der Waals surface area contributed by atoms with Crippen LogP contribution >= 0.6 is 15.9 Å². The number of hydrogen-bond acceptors (Lipinski definition) is 5. The summed E-state index contributed by atoms with van der Waals surface area (Å²) in [5.74, 6) is 5.34. The lowest BCUT2D eigenvalue weighted by molar-refractivity contribution is 0.581. The number of nitrogen functional groups attached to an aromatic ring is 1. The number of nitrogens with one attached hydrogen (secondary N) is 2. The zero-order valence-corrected chi connectivity index (χ0v) is 12.8. The van der Waals surface area contributed by atoms with Crippen molar-refractivity contribution < 1.29 is 8.78 Å². The first-order valence-electron chi connectivity index (χ1n) is 6.29. The highest BCUT2D eigenvalue weighted by molar-refractivity contribution is 9.10. The van der Waals surface area contributed by atoms with Crippen LogP contribution in [0.4, 0.5) is 26.1 Å². The second-order valence-electron chi connectivity index (χ2n) is 4.32. The van der Waals surface area contributed by atoms with Crippen LogP contribution in [-0.2, 0) is 6.42 Å². The number of aromatic nitrogens is 2. The zero-order valence-electron chi connectivity index (χ0n) is 11.3. The van der Waals surface area contributed by atoms with Crippen LogP contribution in [0.1, 0.15) is 19.2 Å². The van der Waals surface area contributed by atoms with E-state index in [9.17, 15) is 8.78 Å². The molecule has 0 radical (unpaired) electrons. The van der Waals surface area contributed by atoms with E-state index in [0.29, 0.717) is 23.9 Å². The van der Waals surface area contributed by atoms with E-state index in [-0.39, 0.29) is 10.2 Å². The van der Waals surface area contributed by atoms with Crippen molar-refractivity contribution >= 4 is 33.3 Å². The number of nitrogens with zero attached hydrogens (tertiary/aromatic N) is 2. The van der Waals surface area contributed by atoms with Gasteiger partial charge in [0.1, 0.15) is 29.1 Å². The minimum atomic E-state index is -0.714. The highest BCUT2D eigenvalue weighted by atomic mass is 79.9. The topological polar surface area (TPSA) is 75.9 Å².